The van der Waals surface area contributed by atoms with Crippen LogP contribution in [0.25, 0.3) is 0 Å². The van der Waals surface area contributed by atoms with Crippen LogP contribution in [0.1, 0.15) is 18.4 Å². The van der Waals surface area contributed by atoms with Crippen molar-refractivity contribution in [1.29, 1.82) is 0 Å². The molecule has 3 heteroatoms. The van der Waals surface area contributed by atoms with Crippen molar-refractivity contribution in [3.8, 4) is 0 Å². The van der Waals surface area contributed by atoms with Crippen molar-refractivity contribution >= 4 is 38.5 Å². The lowest BCUT2D eigenvalue weighted by molar-refractivity contribution is 0.00615. The lowest BCUT2D eigenvalue weighted by Gasteiger charge is -2.35. The average molecular weight is 395 g/mol. The van der Waals surface area contributed by atoms with Crippen molar-refractivity contribution in [2.45, 2.75) is 19.3 Å². The fourth-order valence-corrected chi connectivity index (χ4v) is 3.24. The minimum atomic E-state index is 0.311. The van der Waals surface area contributed by atoms with E-state index >= 15 is 0 Å². The Bertz CT molecular complexity index is 330. The maximum absolute atomic E-state index is 5.64. The average Bonchev–Trinajstić information content (AvgIpc) is 2.33. The molecule has 88 valence electrons. The second-order valence-corrected chi connectivity index (χ2v) is 6.40. The van der Waals surface area contributed by atoms with Crippen molar-refractivity contribution < 1.29 is 4.74 Å². The molecule has 0 aliphatic carbocycles. The number of hydrogen-bond acceptors (Lipinski definition) is 1. The normalized spacial score (nSPS) is 25.6. The number of benzene rings is 1. The molecule has 1 atom stereocenters. The number of rotatable bonds is 3. The van der Waals surface area contributed by atoms with Gasteiger partial charge >= 0.3 is 0 Å². The zero-order valence-electron chi connectivity index (χ0n) is 9.22. The summed E-state index contributed by atoms with van der Waals surface area (Å²) >= 11 is 6.00. The van der Waals surface area contributed by atoms with Gasteiger partial charge in [-0.15, -0.1) is 0 Å². The van der Waals surface area contributed by atoms with Gasteiger partial charge in [0.05, 0.1) is 6.61 Å². The quantitative estimate of drug-likeness (QED) is 0.555. The first-order valence-corrected chi connectivity index (χ1v) is 7.82. The van der Waals surface area contributed by atoms with Gasteiger partial charge in [-0.1, -0.05) is 28.1 Å². The van der Waals surface area contributed by atoms with Crippen LogP contribution < -0.4 is 0 Å². The topological polar surface area (TPSA) is 9.23 Å². The van der Waals surface area contributed by atoms with Crippen LogP contribution in [0.2, 0.25) is 0 Å². The van der Waals surface area contributed by atoms with Gasteiger partial charge in [0.15, 0.2) is 0 Å². The predicted octanol–water partition coefficient (Wildman–Crippen LogP) is 4.03. The molecule has 1 heterocycles. The summed E-state index contributed by atoms with van der Waals surface area (Å²) in [4.78, 5) is 0. The summed E-state index contributed by atoms with van der Waals surface area (Å²) in [5.41, 5.74) is 1.73. The number of halogens is 2. The van der Waals surface area contributed by atoms with E-state index in [1.54, 1.807) is 0 Å². The fourth-order valence-electron chi connectivity index (χ4n) is 2.24. The molecule has 0 spiro atoms. The van der Waals surface area contributed by atoms with Crippen LogP contribution >= 0.6 is 38.5 Å². The minimum absolute atomic E-state index is 0.311. The lowest BCUT2D eigenvalue weighted by Crippen LogP contribution is -2.35. The van der Waals surface area contributed by atoms with Crippen LogP contribution in [0, 0.1) is 8.99 Å². The van der Waals surface area contributed by atoms with Crippen LogP contribution in [0.5, 0.6) is 0 Å². The molecule has 0 radical (unpaired) electrons. The fraction of sp³-hybridized carbons (Fsp3) is 0.538. The number of hydrogen-bond donors (Lipinski definition) is 0. The van der Waals surface area contributed by atoms with Crippen LogP contribution in [0.4, 0.5) is 0 Å². The number of alkyl halides is 1. The maximum atomic E-state index is 5.64. The van der Waals surface area contributed by atoms with Gasteiger partial charge in [0.1, 0.15) is 0 Å². The lowest BCUT2D eigenvalue weighted by atomic mass is 9.79. The third kappa shape index (κ3) is 3.20. The largest absolute Gasteiger partial charge is 0.381 e. The van der Waals surface area contributed by atoms with E-state index in [0.29, 0.717) is 5.41 Å². The molecule has 1 aliphatic rings. The third-order valence-electron chi connectivity index (χ3n) is 3.18. The summed E-state index contributed by atoms with van der Waals surface area (Å²) in [5, 5.41) is 1.03. The van der Waals surface area contributed by atoms with Gasteiger partial charge in [-0.2, -0.15) is 0 Å². The molecule has 1 nitrogen and oxygen atoms in total. The number of ether oxygens (including phenoxy) is 1. The third-order valence-corrected chi connectivity index (χ3v) is 5.09. The van der Waals surface area contributed by atoms with E-state index in [-0.39, 0.29) is 0 Å². The standard InChI is InChI=1S/C13H16BrIO/c14-9-13(6-1-7-16-10-13)8-11-2-4-12(15)5-3-11/h2-5H,1,6-10H2. The van der Waals surface area contributed by atoms with Crippen molar-refractivity contribution in [3.05, 3.63) is 33.4 Å². The zero-order chi connectivity index (χ0) is 11.4. The van der Waals surface area contributed by atoms with E-state index in [4.69, 9.17) is 4.74 Å². The van der Waals surface area contributed by atoms with Gasteiger partial charge in [-0.3, -0.25) is 0 Å². The highest BCUT2D eigenvalue weighted by Gasteiger charge is 2.31. The molecular formula is C13H16BrIO. The van der Waals surface area contributed by atoms with Gasteiger partial charge in [0.25, 0.3) is 0 Å². The van der Waals surface area contributed by atoms with Crippen LogP contribution in [0.15, 0.2) is 24.3 Å². The summed E-state index contributed by atoms with van der Waals surface area (Å²) in [6.45, 7) is 1.83. The molecule has 16 heavy (non-hydrogen) atoms. The van der Waals surface area contributed by atoms with Crippen LogP contribution in [-0.2, 0) is 11.2 Å². The molecule has 0 saturated carbocycles. The molecule has 0 aromatic heterocycles. The second-order valence-electron chi connectivity index (χ2n) is 4.59. The summed E-state index contributed by atoms with van der Waals surface area (Å²) in [5.74, 6) is 0. The Morgan fingerprint density at radius 2 is 2.06 bits per heavy atom. The van der Waals surface area contributed by atoms with Crippen LogP contribution in [0.3, 0.4) is 0 Å². The van der Waals surface area contributed by atoms with Gasteiger partial charge in [0.2, 0.25) is 0 Å². The molecule has 1 aliphatic heterocycles. The van der Waals surface area contributed by atoms with E-state index in [2.05, 4.69) is 62.8 Å². The van der Waals surface area contributed by atoms with E-state index in [1.807, 2.05) is 0 Å². The summed E-state index contributed by atoms with van der Waals surface area (Å²) in [7, 11) is 0. The molecular weight excluding hydrogens is 379 g/mol. The Balaban J connectivity index is 2.08. The Kier molecular flexibility index (Phi) is 4.67. The summed E-state index contributed by atoms with van der Waals surface area (Å²) < 4.78 is 6.94. The van der Waals surface area contributed by atoms with Gasteiger partial charge in [-0.25, -0.2) is 0 Å². The smallest absolute Gasteiger partial charge is 0.0533 e. The molecule has 1 aromatic rings. The van der Waals surface area contributed by atoms with E-state index in [9.17, 15) is 0 Å². The Hall–Kier alpha value is 0.390. The minimum Gasteiger partial charge on any atom is -0.381 e. The molecule has 1 unspecified atom stereocenters. The highest BCUT2D eigenvalue weighted by atomic mass is 127. The monoisotopic (exact) mass is 394 g/mol. The Labute approximate surface area is 119 Å². The molecule has 0 N–H and O–H groups in total. The first-order valence-electron chi connectivity index (χ1n) is 5.62. The van der Waals surface area contributed by atoms with Crippen molar-refractivity contribution in [1.82, 2.24) is 0 Å². The highest BCUT2D eigenvalue weighted by Crippen LogP contribution is 2.34. The zero-order valence-corrected chi connectivity index (χ0v) is 13.0. The van der Waals surface area contributed by atoms with E-state index in [0.717, 1.165) is 25.0 Å². The first-order chi connectivity index (χ1) is 7.74. The van der Waals surface area contributed by atoms with Crippen LogP contribution in [-0.4, -0.2) is 18.5 Å². The van der Waals surface area contributed by atoms with Crippen molar-refractivity contribution in [3.63, 3.8) is 0 Å². The molecule has 1 fully saturated rings. The van der Waals surface area contributed by atoms with E-state index < -0.39 is 0 Å². The molecule has 0 amide bonds. The van der Waals surface area contributed by atoms with Gasteiger partial charge < -0.3 is 4.74 Å². The van der Waals surface area contributed by atoms with E-state index in [1.165, 1.54) is 22.0 Å². The summed E-state index contributed by atoms with van der Waals surface area (Å²) in [6, 6.07) is 8.84. The second kappa shape index (κ2) is 5.83. The predicted molar refractivity (Wildman–Crippen MR) is 79.1 cm³/mol. The molecule has 1 saturated heterocycles. The van der Waals surface area contributed by atoms with Gasteiger partial charge in [0, 0.05) is 20.9 Å². The van der Waals surface area contributed by atoms with Gasteiger partial charge in [-0.05, 0) is 59.5 Å². The Morgan fingerprint density at radius 3 is 2.62 bits per heavy atom. The van der Waals surface area contributed by atoms with Crippen molar-refractivity contribution in [2.75, 3.05) is 18.5 Å². The first kappa shape index (κ1) is 12.8. The van der Waals surface area contributed by atoms with Crippen molar-refractivity contribution in [2.24, 2.45) is 5.41 Å². The highest BCUT2D eigenvalue weighted by molar-refractivity contribution is 14.1. The summed E-state index contributed by atoms with van der Waals surface area (Å²) in [6.07, 6.45) is 3.58. The SMILES string of the molecule is BrCC1(Cc2ccc(I)cc2)CCCOC1. The Morgan fingerprint density at radius 1 is 1.31 bits per heavy atom. The molecule has 1 aromatic carbocycles. The maximum Gasteiger partial charge on any atom is 0.0533 e. The molecule has 2 rings (SSSR count). The molecule has 0 bridgehead atoms.